The van der Waals surface area contributed by atoms with Gasteiger partial charge in [0.1, 0.15) is 6.54 Å². The van der Waals surface area contributed by atoms with Crippen LogP contribution in [0.5, 0.6) is 0 Å². The second-order valence-corrected chi connectivity index (χ2v) is 6.60. The average Bonchev–Trinajstić information content (AvgIpc) is 2.56. The van der Waals surface area contributed by atoms with Crippen molar-refractivity contribution < 1.29 is 9.59 Å². The third-order valence-electron chi connectivity index (χ3n) is 4.19. The fourth-order valence-electron chi connectivity index (χ4n) is 2.78. The fraction of sp³-hybridized carbons (Fsp3) is 0.333. The van der Waals surface area contributed by atoms with Crippen molar-refractivity contribution in [2.24, 2.45) is 0 Å². The third kappa shape index (κ3) is 5.18. The van der Waals surface area contributed by atoms with E-state index in [2.05, 4.69) is 19.2 Å². The summed E-state index contributed by atoms with van der Waals surface area (Å²) in [6.45, 7) is 8.13. The Morgan fingerprint density at radius 2 is 1.72 bits per heavy atom. The molecule has 1 N–H and O–H groups in total. The molecule has 4 heteroatoms. The van der Waals surface area contributed by atoms with Crippen LogP contribution in [0.4, 0.5) is 5.69 Å². The van der Waals surface area contributed by atoms with Crippen molar-refractivity contribution in [3.05, 3.63) is 65.2 Å². The number of carbonyl (C=O) groups excluding carboxylic acids is 2. The molecule has 0 bridgehead atoms. The first kappa shape index (κ1) is 18.7. The minimum absolute atomic E-state index is 0.0378. The quantitative estimate of drug-likeness (QED) is 0.862. The number of para-hydroxylation sites is 1. The molecular formula is C21H26N2O2. The molecule has 0 aliphatic heterocycles. The largest absolute Gasteiger partial charge is 0.329 e. The smallest absolute Gasteiger partial charge is 0.244 e. The van der Waals surface area contributed by atoms with Crippen LogP contribution >= 0.6 is 0 Å². The SMILES string of the molecule is CC(=O)N(CC(=O)Nc1c(C)cccc1C(C)C)Cc1ccccc1. The zero-order valence-corrected chi connectivity index (χ0v) is 15.4. The highest BCUT2D eigenvalue weighted by Gasteiger charge is 2.17. The number of rotatable bonds is 6. The summed E-state index contributed by atoms with van der Waals surface area (Å²) in [6.07, 6.45) is 0. The molecule has 0 spiro atoms. The summed E-state index contributed by atoms with van der Waals surface area (Å²) in [5.74, 6) is 0.0126. The van der Waals surface area contributed by atoms with E-state index in [1.165, 1.54) is 6.92 Å². The van der Waals surface area contributed by atoms with Crippen LogP contribution in [0.15, 0.2) is 48.5 Å². The van der Waals surface area contributed by atoms with Crippen LogP contribution in [-0.4, -0.2) is 23.3 Å². The number of amides is 2. The maximum absolute atomic E-state index is 12.5. The van der Waals surface area contributed by atoms with E-state index < -0.39 is 0 Å². The summed E-state index contributed by atoms with van der Waals surface area (Å²) < 4.78 is 0. The summed E-state index contributed by atoms with van der Waals surface area (Å²) in [5.41, 5.74) is 3.98. The predicted octanol–water partition coefficient (Wildman–Crippen LogP) is 4.11. The first-order chi connectivity index (χ1) is 11.9. The van der Waals surface area contributed by atoms with Crippen molar-refractivity contribution >= 4 is 17.5 Å². The van der Waals surface area contributed by atoms with Gasteiger partial charge in [-0.25, -0.2) is 0 Å². The summed E-state index contributed by atoms with van der Waals surface area (Å²) in [4.78, 5) is 26.0. The van der Waals surface area contributed by atoms with Crippen molar-refractivity contribution in [3.8, 4) is 0 Å². The lowest BCUT2D eigenvalue weighted by atomic mass is 9.98. The van der Waals surface area contributed by atoms with Crippen LogP contribution in [0.25, 0.3) is 0 Å². The van der Waals surface area contributed by atoms with Gasteiger partial charge in [-0.2, -0.15) is 0 Å². The second kappa shape index (κ2) is 8.47. The van der Waals surface area contributed by atoms with Gasteiger partial charge in [0.25, 0.3) is 0 Å². The molecule has 0 radical (unpaired) electrons. The van der Waals surface area contributed by atoms with Crippen molar-refractivity contribution in [1.82, 2.24) is 4.90 Å². The highest BCUT2D eigenvalue weighted by molar-refractivity contribution is 5.95. The van der Waals surface area contributed by atoms with Gasteiger partial charge in [-0.3, -0.25) is 9.59 Å². The lowest BCUT2D eigenvalue weighted by Gasteiger charge is -2.22. The second-order valence-electron chi connectivity index (χ2n) is 6.60. The summed E-state index contributed by atoms with van der Waals surface area (Å²) >= 11 is 0. The standard InChI is InChI=1S/C21H26N2O2/c1-15(2)19-12-8-9-16(3)21(19)22-20(25)14-23(17(4)24)13-18-10-6-5-7-11-18/h5-12,15H,13-14H2,1-4H3,(H,22,25). The minimum atomic E-state index is -0.178. The Hall–Kier alpha value is -2.62. The summed E-state index contributed by atoms with van der Waals surface area (Å²) in [5, 5.41) is 3.00. The number of benzene rings is 2. The van der Waals surface area contributed by atoms with Gasteiger partial charge in [0.15, 0.2) is 0 Å². The van der Waals surface area contributed by atoms with Gasteiger partial charge in [0, 0.05) is 19.2 Å². The molecule has 0 atom stereocenters. The number of anilines is 1. The van der Waals surface area contributed by atoms with Gasteiger partial charge in [-0.05, 0) is 29.5 Å². The number of hydrogen-bond donors (Lipinski definition) is 1. The molecule has 0 aromatic heterocycles. The molecular weight excluding hydrogens is 312 g/mol. The van der Waals surface area contributed by atoms with Crippen LogP contribution < -0.4 is 5.32 Å². The van der Waals surface area contributed by atoms with E-state index >= 15 is 0 Å². The molecule has 4 nitrogen and oxygen atoms in total. The molecule has 0 fully saturated rings. The van der Waals surface area contributed by atoms with E-state index in [4.69, 9.17) is 0 Å². The van der Waals surface area contributed by atoms with Gasteiger partial charge in [0.05, 0.1) is 0 Å². The van der Waals surface area contributed by atoms with Gasteiger partial charge >= 0.3 is 0 Å². The van der Waals surface area contributed by atoms with E-state index in [1.807, 2.05) is 55.5 Å². The first-order valence-electron chi connectivity index (χ1n) is 8.57. The van der Waals surface area contributed by atoms with E-state index in [9.17, 15) is 9.59 Å². The zero-order valence-electron chi connectivity index (χ0n) is 15.4. The number of carbonyl (C=O) groups is 2. The molecule has 2 amide bonds. The van der Waals surface area contributed by atoms with Crippen LogP contribution in [0.3, 0.4) is 0 Å². The number of aryl methyl sites for hydroxylation is 1. The maximum Gasteiger partial charge on any atom is 0.244 e. The Morgan fingerprint density at radius 1 is 1.04 bits per heavy atom. The van der Waals surface area contributed by atoms with Gasteiger partial charge in [0.2, 0.25) is 11.8 Å². The van der Waals surface area contributed by atoms with Crippen molar-refractivity contribution in [3.63, 3.8) is 0 Å². The molecule has 2 rings (SSSR count). The molecule has 2 aromatic rings. The molecule has 2 aromatic carbocycles. The molecule has 0 heterocycles. The lowest BCUT2D eigenvalue weighted by molar-refractivity contribution is -0.133. The van der Waals surface area contributed by atoms with Crippen molar-refractivity contribution in [2.45, 2.75) is 40.2 Å². The Labute approximate surface area is 149 Å². The number of hydrogen-bond acceptors (Lipinski definition) is 2. The first-order valence-corrected chi connectivity index (χ1v) is 8.57. The Balaban J connectivity index is 2.11. The molecule has 0 aliphatic carbocycles. The number of nitrogens with one attached hydrogen (secondary N) is 1. The molecule has 0 aliphatic rings. The highest BCUT2D eigenvalue weighted by atomic mass is 16.2. The Bertz CT molecular complexity index is 739. The fourth-order valence-corrected chi connectivity index (χ4v) is 2.78. The van der Waals surface area contributed by atoms with Crippen molar-refractivity contribution in [1.29, 1.82) is 0 Å². The zero-order chi connectivity index (χ0) is 18.4. The van der Waals surface area contributed by atoms with E-state index in [-0.39, 0.29) is 18.4 Å². The lowest BCUT2D eigenvalue weighted by Crippen LogP contribution is -2.36. The average molecular weight is 338 g/mol. The summed E-state index contributed by atoms with van der Waals surface area (Å²) in [7, 11) is 0. The van der Waals surface area contributed by atoms with Crippen LogP contribution in [0, 0.1) is 6.92 Å². The van der Waals surface area contributed by atoms with E-state index in [0.29, 0.717) is 12.5 Å². The highest BCUT2D eigenvalue weighted by Crippen LogP contribution is 2.27. The van der Waals surface area contributed by atoms with E-state index in [1.54, 1.807) is 4.90 Å². The predicted molar refractivity (Wildman–Crippen MR) is 101 cm³/mol. The third-order valence-corrected chi connectivity index (χ3v) is 4.19. The normalized spacial score (nSPS) is 10.6. The molecule has 0 unspecified atom stereocenters. The van der Waals surface area contributed by atoms with Gasteiger partial charge in [-0.15, -0.1) is 0 Å². The monoisotopic (exact) mass is 338 g/mol. The Morgan fingerprint density at radius 3 is 2.32 bits per heavy atom. The van der Waals surface area contributed by atoms with Gasteiger partial charge < -0.3 is 10.2 Å². The van der Waals surface area contributed by atoms with Crippen molar-refractivity contribution in [2.75, 3.05) is 11.9 Å². The molecule has 132 valence electrons. The van der Waals surface area contributed by atoms with Crippen LogP contribution in [0.2, 0.25) is 0 Å². The van der Waals surface area contributed by atoms with E-state index in [0.717, 1.165) is 22.4 Å². The molecule has 25 heavy (non-hydrogen) atoms. The van der Waals surface area contributed by atoms with Crippen LogP contribution in [0.1, 0.15) is 43.4 Å². The molecule has 0 saturated carbocycles. The van der Waals surface area contributed by atoms with Crippen LogP contribution in [-0.2, 0) is 16.1 Å². The minimum Gasteiger partial charge on any atom is -0.329 e. The number of nitrogens with zero attached hydrogens (tertiary/aromatic N) is 1. The Kier molecular flexibility index (Phi) is 6.34. The molecule has 0 saturated heterocycles. The summed E-state index contributed by atoms with van der Waals surface area (Å²) in [6, 6.07) is 15.7. The van der Waals surface area contributed by atoms with Gasteiger partial charge in [-0.1, -0.05) is 62.4 Å². The topological polar surface area (TPSA) is 49.4 Å². The maximum atomic E-state index is 12.5.